The van der Waals surface area contributed by atoms with Gasteiger partial charge in [-0.05, 0) is 59.7 Å². The molecule has 1 amide bonds. The van der Waals surface area contributed by atoms with Crippen molar-refractivity contribution in [3.63, 3.8) is 0 Å². The maximum absolute atomic E-state index is 12.1. The van der Waals surface area contributed by atoms with Gasteiger partial charge in [-0.2, -0.15) is 0 Å². The van der Waals surface area contributed by atoms with E-state index in [9.17, 15) is 9.59 Å². The molecule has 0 aromatic heterocycles. The molecule has 0 saturated heterocycles. The first-order valence-electron chi connectivity index (χ1n) is 10.5. The number of rotatable bonds is 9. The summed E-state index contributed by atoms with van der Waals surface area (Å²) in [6.45, 7) is 11.4. The number of hydrogen-bond acceptors (Lipinski definition) is 4. The van der Waals surface area contributed by atoms with Gasteiger partial charge in [-0.1, -0.05) is 46.8 Å². The molecule has 0 heterocycles. The van der Waals surface area contributed by atoms with Crippen molar-refractivity contribution in [2.24, 2.45) is 5.92 Å². The molecule has 1 N–H and O–H groups in total. The zero-order valence-electron chi connectivity index (χ0n) is 18.7. The van der Waals surface area contributed by atoms with Crippen LogP contribution < -0.4 is 10.1 Å². The van der Waals surface area contributed by atoms with E-state index >= 15 is 0 Å². The van der Waals surface area contributed by atoms with Crippen LogP contribution in [0, 0.1) is 5.92 Å². The van der Waals surface area contributed by atoms with Crippen LogP contribution in [0.5, 0.6) is 5.75 Å². The molecule has 162 valence electrons. The van der Waals surface area contributed by atoms with E-state index in [1.54, 1.807) is 24.3 Å². The summed E-state index contributed by atoms with van der Waals surface area (Å²) < 4.78 is 10.9. The first-order valence-corrected chi connectivity index (χ1v) is 10.5. The highest BCUT2D eigenvalue weighted by Gasteiger charge is 2.13. The molecule has 0 bridgehead atoms. The highest BCUT2D eigenvalue weighted by atomic mass is 16.5. The quantitative estimate of drug-likeness (QED) is 0.431. The van der Waals surface area contributed by atoms with Crippen LogP contribution in [-0.2, 0) is 14.9 Å². The number of ether oxygens (including phenoxy) is 2. The fourth-order valence-electron chi connectivity index (χ4n) is 2.71. The van der Waals surface area contributed by atoms with Crippen molar-refractivity contribution >= 4 is 17.6 Å². The average Bonchev–Trinajstić information content (AvgIpc) is 2.69. The van der Waals surface area contributed by atoms with E-state index < -0.39 is 0 Å². The third kappa shape index (κ3) is 7.90. The predicted octanol–water partition coefficient (Wildman–Crippen LogP) is 5.59. The number of carbonyl (C=O) groups excluding carboxylic acids is 2. The Labute approximate surface area is 179 Å². The first kappa shape index (κ1) is 23.5. The summed E-state index contributed by atoms with van der Waals surface area (Å²) in [7, 11) is 0. The van der Waals surface area contributed by atoms with Gasteiger partial charge in [-0.25, -0.2) is 4.79 Å². The van der Waals surface area contributed by atoms with Crippen LogP contribution in [0.2, 0.25) is 0 Å². The molecule has 5 heteroatoms. The van der Waals surface area contributed by atoms with E-state index in [0.29, 0.717) is 43.2 Å². The van der Waals surface area contributed by atoms with Crippen molar-refractivity contribution in [1.82, 2.24) is 0 Å². The van der Waals surface area contributed by atoms with E-state index in [1.807, 2.05) is 26.0 Å². The number of carbonyl (C=O) groups is 2. The third-order valence-corrected chi connectivity index (χ3v) is 4.49. The SMILES string of the molecule is CC(C)COC(=O)c1ccc(NC(=O)CCCOc2ccc(C(C)(C)C)cc2)cc1. The van der Waals surface area contributed by atoms with E-state index in [2.05, 4.69) is 38.2 Å². The van der Waals surface area contributed by atoms with Gasteiger partial charge in [0.25, 0.3) is 0 Å². The fourth-order valence-corrected chi connectivity index (χ4v) is 2.71. The molecule has 2 aromatic carbocycles. The Balaban J connectivity index is 1.71. The van der Waals surface area contributed by atoms with Crippen molar-refractivity contribution in [1.29, 1.82) is 0 Å². The van der Waals surface area contributed by atoms with Crippen LogP contribution >= 0.6 is 0 Å². The van der Waals surface area contributed by atoms with Crippen molar-refractivity contribution < 1.29 is 19.1 Å². The number of amides is 1. The summed E-state index contributed by atoms with van der Waals surface area (Å²) >= 11 is 0. The fraction of sp³-hybridized carbons (Fsp3) is 0.440. The van der Waals surface area contributed by atoms with Gasteiger partial charge >= 0.3 is 5.97 Å². The molecule has 0 atom stereocenters. The monoisotopic (exact) mass is 411 g/mol. The van der Waals surface area contributed by atoms with Crippen molar-refractivity contribution in [2.45, 2.75) is 52.9 Å². The minimum Gasteiger partial charge on any atom is -0.494 e. The Morgan fingerprint density at radius 3 is 2.17 bits per heavy atom. The van der Waals surface area contributed by atoms with Gasteiger partial charge in [-0.3, -0.25) is 4.79 Å². The Morgan fingerprint density at radius 2 is 1.60 bits per heavy atom. The molecule has 5 nitrogen and oxygen atoms in total. The standard InChI is InChI=1S/C25H33NO4/c1-18(2)17-30-24(28)19-8-12-21(13-9-19)26-23(27)7-6-16-29-22-14-10-20(11-15-22)25(3,4)5/h8-15,18H,6-7,16-17H2,1-5H3,(H,26,27). The molecule has 0 fully saturated rings. The number of esters is 1. The first-order chi connectivity index (χ1) is 14.1. The largest absolute Gasteiger partial charge is 0.494 e. The maximum atomic E-state index is 12.1. The van der Waals surface area contributed by atoms with Gasteiger partial charge in [0.05, 0.1) is 18.8 Å². The number of benzene rings is 2. The highest BCUT2D eigenvalue weighted by Crippen LogP contribution is 2.24. The van der Waals surface area contributed by atoms with Crippen molar-refractivity contribution in [3.8, 4) is 5.75 Å². The van der Waals surface area contributed by atoms with Crippen LogP contribution in [0.15, 0.2) is 48.5 Å². The Kier molecular flexibility index (Phi) is 8.46. The molecule has 2 aromatic rings. The van der Waals surface area contributed by atoms with Crippen LogP contribution in [0.25, 0.3) is 0 Å². The topological polar surface area (TPSA) is 64.6 Å². The second-order valence-electron chi connectivity index (χ2n) is 8.84. The molecule has 0 aliphatic carbocycles. The lowest BCUT2D eigenvalue weighted by Crippen LogP contribution is -2.13. The Hall–Kier alpha value is -2.82. The second-order valence-corrected chi connectivity index (χ2v) is 8.84. The summed E-state index contributed by atoms with van der Waals surface area (Å²) in [4.78, 5) is 24.0. The molecule has 30 heavy (non-hydrogen) atoms. The van der Waals surface area contributed by atoms with E-state index in [-0.39, 0.29) is 17.3 Å². The molecule has 0 radical (unpaired) electrons. The van der Waals surface area contributed by atoms with E-state index in [0.717, 1.165) is 5.75 Å². The Bertz CT molecular complexity index is 818. The molecule has 0 spiro atoms. The summed E-state index contributed by atoms with van der Waals surface area (Å²) in [5, 5.41) is 2.83. The van der Waals surface area contributed by atoms with Crippen LogP contribution in [0.1, 0.15) is 63.4 Å². The summed E-state index contributed by atoms with van der Waals surface area (Å²) in [6, 6.07) is 14.8. The lowest BCUT2D eigenvalue weighted by molar-refractivity contribution is -0.116. The molecule has 0 unspecified atom stereocenters. The van der Waals surface area contributed by atoms with Crippen LogP contribution in [0.3, 0.4) is 0 Å². The summed E-state index contributed by atoms with van der Waals surface area (Å²) in [5.74, 6) is 0.661. The second kappa shape index (κ2) is 10.8. The lowest BCUT2D eigenvalue weighted by Gasteiger charge is -2.19. The average molecular weight is 412 g/mol. The lowest BCUT2D eigenvalue weighted by atomic mass is 9.87. The van der Waals surface area contributed by atoms with Crippen LogP contribution in [-0.4, -0.2) is 25.1 Å². The summed E-state index contributed by atoms with van der Waals surface area (Å²) in [5.41, 5.74) is 2.50. The maximum Gasteiger partial charge on any atom is 0.338 e. The molecule has 0 aliphatic heterocycles. The van der Waals surface area contributed by atoms with Gasteiger partial charge in [0, 0.05) is 12.1 Å². The predicted molar refractivity (Wildman–Crippen MR) is 120 cm³/mol. The Morgan fingerprint density at radius 1 is 0.967 bits per heavy atom. The number of nitrogens with one attached hydrogen (secondary N) is 1. The highest BCUT2D eigenvalue weighted by molar-refractivity contribution is 5.93. The van der Waals surface area contributed by atoms with E-state index in [1.165, 1.54) is 5.56 Å². The normalized spacial score (nSPS) is 11.3. The van der Waals surface area contributed by atoms with Gasteiger partial charge in [0.1, 0.15) is 5.75 Å². The molecule has 2 rings (SSSR count). The van der Waals surface area contributed by atoms with Gasteiger partial charge in [0.15, 0.2) is 0 Å². The molecule has 0 aliphatic rings. The number of anilines is 1. The third-order valence-electron chi connectivity index (χ3n) is 4.49. The van der Waals surface area contributed by atoms with Crippen molar-refractivity contribution in [2.75, 3.05) is 18.5 Å². The minimum absolute atomic E-state index is 0.0863. The van der Waals surface area contributed by atoms with Gasteiger partial charge < -0.3 is 14.8 Å². The zero-order chi connectivity index (χ0) is 22.1. The van der Waals surface area contributed by atoms with Crippen LogP contribution in [0.4, 0.5) is 5.69 Å². The van der Waals surface area contributed by atoms with Gasteiger partial charge in [-0.15, -0.1) is 0 Å². The zero-order valence-corrected chi connectivity index (χ0v) is 18.7. The van der Waals surface area contributed by atoms with Gasteiger partial charge in [0.2, 0.25) is 5.91 Å². The minimum atomic E-state index is -0.353. The molecular formula is C25H33NO4. The molecule has 0 saturated carbocycles. The summed E-state index contributed by atoms with van der Waals surface area (Å²) in [6.07, 6.45) is 0.977. The van der Waals surface area contributed by atoms with Crippen molar-refractivity contribution in [3.05, 3.63) is 59.7 Å². The van der Waals surface area contributed by atoms with E-state index in [4.69, 9.17) is 9.47 Å². The number of hydrogen-bond donors (Lipinski definition) is 1. The molecular weight excluding hydrogens is 378 g/mol. The smallest absolute Gasteiger partial charge is 0.338 e.